The van der Waals surface area contributed by atoms with Crippen LogP contribution in [0.15, 0.2) is 40.1 Å². The van der Waals surface area contributed by atoms with Crippen LogP contribution >= 0.6 is 0 Å². The van der Waals surface area contributed by atoms with Gasteiger partial charge in [-0.05, 0) is 20.0 Å². The van der Waals surface area contributed by atoms with Gasteiger partial charge in [-0.25, -0.2) is 8.78 Å². The Labute approximate surface area is 171 Å². The molecule has 0 radical (unpaired) electrons. The highest BCUT2D eigenvalue weighted by atomic mass is 19.3. The molecule has 1 N–H and O–H groups in total. The lowest BCUT2D eigenvalue weighted by Gasteiger charge is -2.32. The molecule has 0 saturated carbocycles. The van der Waals surface area contributed by atoms with Gasteiger partial charge in [-0.2, -0.15) is 0 Å². The number of piperazine rings is 1. The Hall–Kier alpha value is -2.06. The van der Waals surface area contributed by atoms with Crippen molar-refractivity contribution in [3.8, 4) is 0 Å². The molecule has 0 aromatic carbocycles. The second-order valence-electron chi connectivity index (χ2n) is 7.95. The Bertz CT molecular complexity index is 748. The fraction of sp³-hybridized carbons (Fsp3) is 0.619. The number of likely N-dealkylation sites (tertiary alicyclic amines) is 1. The van der Waals surface area contributed by atoms with Crippen molar-refractivity contribution in [2.45, 2.75) is 19.3 Å². The van der Waals surface area contributed by atoms with Gasteiger partial charge < -0.3 is 15.1 Å². The molecule has 0 aromatic heterocycles. The van der Waals surface area contributed by atoms with E-state index in [0.29, 0.717) is 11.3 Å². The summed E-state index contributed by atoms with van der Waals surface area (Å²) < 4.78 is 27.1. The minimum absolute atomic E-state index is 0.0746. The Balaban J connectivity index is 1.63. The minimum atomic E-state index is -2.80. The average Bonchev–Trinajstić information content (AvgIpc) is 3.08. The normalized spacial score (nSPS) is 26.0. The van der Waals surface area contributed by atoms with Gasteiger partial charge in [-0.15, -0.1) is 0 Å². The molecule has 2 saturated heterocycles. The number of amides is 1. The maximum Gasteiger partial charge on any atom is 0.267 e. The first kappa shape index (κ1) is 21.6. The fourth-order valence-corrected chi connectivity index (χ4v) is 3.91. The van der Waals surface area contributed by atoms with Gasteiger partial charge in [0.1, 0.15) is 0 Å². The van der Waals surface area contributed by atoms with Crippen molar-refractivity contribution in [3.63, 3.8) is 0 Å². The first-order chi connectivity index (χ1) is 13.8. The van der Waals surface area contributed by atoms with Gasteiger partial charge in [0.2, 0.25) is 0 Å². The van der Waals surface area contributed by atoms with E-state index in [9.17, 15) is 13.6 Å². The van der Waals surface area contributed by atoms with Crippen molar-refractivity contribution in [1.29, 1.82) is 0 Å². The lowest BCUT2D eigenvalue weighted by molar-refractivity contribution is -0.127. The third-order valence-electron chi connectivity index (χ3n) is 5.77. The number of hydrogen-bond donors (Lipinski definition) is 1. The molecule has 29 heavy (non-hydrogen) atoms. The number of rotatable bonds is 5. The number of allylic oxidation sites excluding steroid dienone is 5. The number of nitrogens with zero attached hydrogens (tertiary/aromatic N) is 4. The molecule has 2 heterocycles. The Kier molecular flexibility index (Phi) is 6.85. The van der Waals surface area contributed by atoms with Crippen LogP contribution in [0, 0.1) is 0 Å². The van der Waals surface area contributed by atoms with Crippen LogP contribution in [-0.2, 0) is 4.79 Å². The van der Waals surface area contributed by atoms with E-state index in [2.05, 4.69) is 27.2 Å². The molecule has 6 nitrogen and oxygen atoms in total. The summed E-state index contributed by atoms with van der Waals surface area (Å²) in [6.07, 6.45) is 5.09. The molecule has 8 heteroatoms. The van der Waals surface area contributed by atoms with E-state index in [-0.39, 0.29) is 18.9 Å². The Morgan fingerprint density at radius 2 is 1.97 bits per heavy atom. The van der Waals surface area contributed by atoms with Crippen molar-refractivity contribution in [1.82, 2.24) is 20.0 Å². The van der Waals surface area contributed by atoms with Crippen molar-refractivity contribution in [2.24, 2.45) is 4.99 Å². The number of hydrogen-bond acceptors (Lipinski definition) is 5. The highest BCUT2D eigenvalue weighted by Gasteiger charge is 2.41. The van der Waals surface area contributed by atoms with E-state index in [1.165, 1.54) is 4.90 Å². The molecular weight excluding hydrogens is 376 g/mol. The third kappa shape index (κ3) is 5.30. The van der Waals surface area contributed by atoms with Crippen molar-refractivity contribution in [3.05, 3.63) is 35.1 Å². The molecule has 160 valence electrons. The molecule has 1 amide bonds. The number of carbonyl (C=O) groups excluding carboxylic acids is 1. The lowest BCUT2D eigenvalue weighted by atomic mass is 9.94. The summed E-state index contributed by atoms with van der Waals surface area (Å²) >= 11 is 0. The van der Waals surface area contributed by atoms with E-state index in [1.807, 2.05) is 13.0 Å². The summed E-state index contributed by atoms with van der Waals surface area (Å²) in [5.41, 5.74) is 2.70. The molecule has 2 fully saturated rings. The van der Waals surface area contributed by atoms with Crippen molar-refractivity contribution in [2.75, 3.05) is 66.5 Å². The highest BCUT2D eigenvalue weighted by Crippen LogP contribution is 2.29. The zero-order valence-electron chi connectivity index (χ0n) is 17.5. The molecule has 2 aliphatic heterocycles. The predicted molar refractivity (Wildman–Crippen MR) is 111 cm³/mol. The van der Waals surface area contributed by atoms with Gasteiger partial charge in [0.25, 0.3) is 11.8 Å². The molecule has 3 aliphatic rings. The minimum Gasteiger partial charge on any atom is -0.387 e. The summed E-state index contributed by atoms with van der Waals surface area (Å²) in [7, 11) is 3.77. The topological polar surface area (TPSA) is 51.2 Å². The van der Waals surface area contributed by atoms with Crippen LogP contribution in [0.4, 0.5) is 8.78 Å². The van der Waals surface area contributed by atoms with E-state index in [4.69, 9.17) is 0 Å². The predicted octanol–water partition coefficient (Wildman–Crippen LogP) is 1.53. The number of aliphatic imine (C=N–C) groups is 1. The lowest BCUT2D eigenvalue weighted by Crippen LogP contribution is -2.46. The van der Waals surface area contributed by atoms with Crippen LogP contribution in [-0.4, -0.2) is 98.7 Å². The summed E-state index contributed by atoms with van der Waals surface area (Å²) in [4.78, 5) is 23.1. The van der Waals surface area contributed by atoms with E-state index in [0.717, 1.165) is 50.5 Å². The van der Waals surface area contributed by atoms with Crippen LogP contribution < -0.4 is 5.32 Å². The van der Waals surface area contributed by atoms with Crippen LogP contribution in [0.25, 0.3) is 0 Å². The van der Waals surface area contributed by atoms with E-state index >= 15 is 0 Å². The zero-order chi connectivity index (χ0) is 21.0. The second kappa shape index (κ2) is 9.17. The highest BCUT2D eigenvalue weighted by molar-refractivity contribution is 6.30. The molecule has 0 atom stereocenters. The first-order valence-corrected chi connectivity index (χ1v) is 10.2. The zero-order valence-corrected chi connectivity index (χ0v) is 17.5. The maximum atomic E-state index is 13.5. The van der Waals surface area contributed by atoms with Gasteiger partial charge in [0.05, 0.1) is 17.8 Å². The monoisotopic (exact) mass is 407 g/mol. The Morgan fingerprint density at radius 1 is 1.24 bits per heavy atom. The standard InChI is InChI=1S/C21H31F2N5O/c1-16(25-8-10-27-13-11-26(3)12-14-27)17-5-4-6-18(19(17)24-2)20(29)28-9-7-21(22,23)15-28/h4-6,25H,7-15H2,1-3H3/b17-16+,24-19+. The summed E-state index contributed by atoms with van der Waals surface area (Å²) in [6, 6.07) is 0. The number of nitrogens with one attached hydrogen (secondary N) is 1. The van der Waals surface area contributed by atoms with Crippen LogP contribution in [0.2, 0.25) is 0 Å². The van der Waals surface area contributed by atoms with Crippen LogP contribution in [0.3, 0.4) is 0 Å². The van der Waals surface area contributed by atoms with Gasteiger partial charge in [0.15, 0.2) is 0 Å². The third-order valence-corrected chi connectivity index (χ3v) is 5.77. The number of halogens is 2. The number of carbonyl (C=O) groups is 1. The largest absolute Gasteiger partial charge is 0.387 e. The second-order valence-corrected chi connectivity index (χ2v) is 7.95. The van der Waals surface area contributed by atoms with Crippen LogP contribution in [0.1, 0.15) is 13.3 Å². The first-order valence-electron chi connectivity index (χ1n) is 10.2. The summed E-state index contributed by atoms with van der Waals surface area (Å²) in [5, 5.41) is 3.44. The number of likely N-dealkylation sites (N-methyl/N-ethyl adjacent to an activating group) is 1. The van der Waals surface area contributed by atoms with Crippen LogP contribution in [0.5, 0.6) is 0 Å². The maximum absolute atomic E-state index is 13.5. The van der Waals surface area contributed by atoms with Gasteiger partial charge in [-0.3, -0.25) is 14.7 Å². The summed E-state index contributed by atoms with van der Waals surface area (Å²) in [6.45, 7) is 7.57. The summed E-state index contributed by atoms with van der Waals surface area (Å²) in [5.74, 6) is -3.18. The molecule has 3 rings (SSSR count). The fourth-order valence-electron chi connectivity index (χ4n) is 3.91. The molecule has 0 spiro atoms. The SMILES string of the molecule is C/N=C1/C(C(=O)N2CCC(F)(F)C2)=CC=C/C1=C(/C)NCCN1CCN(C)CC1. The van der Waals surface area contributed by atoms with Crippen molar-refractivity contribution < 1.29 is 13.6 Å². The number of alkyl halides is 2. The quantitative estimate of drug-likeness (QED) is 0.751. The molecular formula is C21H31F2N5O. The molecule has 0 bridgehead atoms. The van der Waals surface area contributed by atoms with Crippen molar-refractivity contribution >= 4 is 11.6 Å². The van der Waals surface area contributed by atoms with Gasteiger partial charge >= 0.3 is 0 Å². The smallest absolute Gasteiger partial charge is 0.267 e. The molecule has 0 aromatic rings. The van der Waals surface area contributed by atoms with Gasteiger partial charge in [0, 0.05) is 70.6 Å². The van der Waals surface area contributed by atoms with E-state index < -0.39 is 12.5 Å². The van der Waals surface area contributed by atoms with Gasteiger partial charge in [-0.1, -0.05) is 12.2 Å². The molecule has 0 unspecified atom stereocenters. The average molecular weight is 408 g/mol. The van der Waals surface area contributed by atoms with E-state index in [1.54, 1.807) is 19.2 Å². The Morgan fingerprint density at radius 3 is 2.59 bits per heavy atom. The molecule has 1 aliphatic carbocycles.